The zero-order chi connectivity index (χ0) is 32.1. The number of rotatable bonds is 16. The van der Waals surface area contributed by atoms with Gasteiger partial charge in [-0.1, -0.05) is 179 Å². The van der Waals surface area contributed by atoms with Gasteiger partial charge in [-0.3, -0.25) is 0 Å². The summed E-state index contributed by atoms with van der Waals surface area (Å²) in [5.41, 5.74) is 7.39. The van der Waals surface area contributed by atoms with Crippen molar-refractivity contribution in [3.63, 3.8) is 0 Å². The summed E-state index contributed by atoms with van der Waals surface area (Å²) in [4.78, 5) is 0. The van der Waals surface area contributed by atoms with E-state index in [1.807, 2.05) is 0 Å². The van der Waals surface area contributed by atoms with Crippen molar-refractivity contribution in [3.8, 4) is 0 Å². The fourth-order valence-electron chi connectivity index (χ4n) is 7.77. The van der Waals surface area contributed by atoms with Crippen molar-refractivity contribution in [3.05, 3.63) is 179 Å². The van der Waals surface area contributed by atoms with Gasteiger partial charge in [-0.15, -0.1) is 0 Å². The third kappa shape index (κ3) is 9.56. The van der Waals surface area contributed by atoms with Crippen molar-refractivity contribution in [2.45, 2.75) is 89.4 Å². The molecule has 0 saturated heterocycles. The van der Waals surface area contributed by atoms with Gasteiger partial charge in [0.25, 0.3) is 0 Å². The van der Waals surface area contributed by atoms with E-state index in [4.69, 9.17) is 0 Å². The van der Waals surface area contributed by atoms with E-state index in [1.54, 1.807) is 0 Å². The number of hydrogen-bond acceptors (Lipinski definition) is 0. The molecule has 0 heteroatoms. The normalized spacial score (nSPS) is 14.9. The molecule has 0 spiro atoms. The zero-order valence-corrected chi connectivity index (χ0v) is 28.5. The molecule has 0 bridgehead atoms. The first-order valence-electron chi connectivity index (χ1n) is 17.7. The highest BCUT2D eigenvalue weighted by Crippen LogP contribution is 2.45. The Morgan fingerprint density at radius 3 is 0.848 bits per heavy atom. The molecule has 46 heavy (non-hydrogen) atoms. The summed E-state index contributed by atoms with van der Waals surface area (Å²) >= 11 is 0. The Morgan fingerprint density at radius 2 is 0.565 bits per heavy atom. The standard InChI is InChI=1S/C46H54/c1-35(2)30-42(37-20-10-5-11-21-37)31-43(38-22-12-6-13-23-38)32-44(39-24-14-7-15-25-39)33-45(40-26-16-8-17-27-40)34-46(36(3)4)41-28-18-9-19-29-41/h5-29,35-36,42-46H,30-34H2,1-4H3. The van der Waals surface area contributed by atoms with Crippen LogP contribution in [0.2, 0.25) is 0 Å². The lowest BCUT2D eigenvalue weighted by molar-refractivity contribution is 0.367. The minimum absolute atomic E-state index is 0.454. The molecular weight excluding hydrogens is 553 g/mol. The van der Waals surface area contributed by atoms with E-state index in [0.29, 0.717) is 41.4 Å². The quantitative estimate of drug-likeness (QED) is 0.105. The molecule has 5 aromatic carbocycles. The molecular formula is C46H54. The van der Waals surface area contributed by atoms with Gasteiger partial charge < -0.3 is 0 Å². The average Bonchev–Trinajstić information content (AvgIpc) is 3.10. The van der Waals surface area contributed by atoms with Crippen LogP contribution in [0.1, 0.15) is 117 Å². The fraction of sp³-hybridized carbons (Fsp3) is 0.348. The largest absolute Gasteiger partial charge is 0.0628 e. The van der Waals surface area contributed by atoms with E-state index in [-0.39, 0.29) is 0 Å². The minimum atomic E-state index is 0.454. The van der Waals surface area contributed by atoms with Gasteiger partial charge in [0.1, 0.15) is 0 Å². The third-order valence-corrected chi connectivity index (χ3v) is 10.1. The van der Waals surface area contributed by atoms with E-state index in [2.05, 4.69) is 179 Å². The van der Waals surface area contributed by atoms with Gasteiger partial charge in [0.15, 0.2) is 0 Å². The first-order chi connectivity index (χ1) is 22.5. The van der Waals surface area contributed by atoms with Crippen molar-refractivity contribution in [1.82, 2.24) is 0 Å². The monoisotopic (exact) mass is 606 g/mol. The molecule has 0 amide bonds. The Bertz CT molecular complexity index is 1510. The van der Waals surface area contributed by atoms with Crippen LogP contribution in [-0.4, -0.2) is 0 Å². The van der Waals surface area contributed by atoms with Gasteiger partial charge in [-0.2, -0.15) is 0 Å². The second-order valence-corrected chi connectivity index (χ2v) is 14.3. The Balaban J connectivity index is 1.51. The van der Waals surface area contributed by atoms with Gasteiger partial charge in [0.2, 0.25) is 0 Å². The van der Waals surface area contributed by atoms with Crippen molar-refractivity contribution in [1.29, 1.82) is 0 Å². The van der Waals surface area contributed by atoms with Gasteiger partial charge in [-0.25, -0.2) is 0 Å². The van der Waals surface area contributed by atoms with Crippen LogP contribution in [0, 0.1) is 11.8 Å². The van der Waals surface area contributed by atoms with Crippen LogP contribution in [0.4, 0.5) is 0 Å². The molecule has 0 radical (unpaired) electrons. The van der Waals surface area contributed by atoms with Gasteiger partial charge >= 0.3 is 0 Å². The Kier molecular flexibility index (Phi) is 12.5. The molecule has 0 aliphatic rings. The molecule has 238 valence electrons. The lowest BCUT2D eigenvalue weighted by Crippen LogP contribution is -2.17. The van der Waals surface area contributed by atoms with E-state index in [0.717, 1.165) is 19.3 Å². The SMILES string of the molecule is CC(C)CC(CC(CC(CC(CC(c1ccccc1)C(C)C)c1ccccc1)c1ccccc1)c1ccccc1)c1ccccc1. The first kappa shape index (κ1) is 33.5. The van der Waals surface area contributed by atoms with Crippen molar-refractivity contribution < 1.29 is 0 Å². The molecule has 0 aliphatic heterocycles. The summed E-state index contributed by atoms with van der Waals surface area (Å²) in [5, 5.41) is 0. The minimum Gasteiger partial charge on any atom is -0.0628 e. The van der Waals surface area contributed by atoms with Crippen LogP contribution in [-0.2, 0) is 0 Å². The molecule has 5 atom stereocenters. The lowest BCUT2D eigenvalue weighted by atomic mass is 9.71. The van der Waals surface area contributed by atoms with Crippen molar-refractivity contribution >= 4 is 0 Å². The van der Waals surface area contributed by atoms with Crippen molar-refractivity contribution in [2.75, 3.05) is 0 Å². The summed E-state index contributed by atoms with van der Waals surface area (Å²) in [6.07, 6.45) is 5.84. The molecule has 0 fully saturated rings. The molecule has 5 unspecified atom stereocenters. The molecule has 0 aromatic heterocycles. The smallest absolute Gasteiger partial charge is 0.0133 e. The van der Waals surface area contributed by atoms with Gasteiger partial charge in [0, 0.05) is 0 Å². The molecule has 5 aromatic rings. The Labute approximate surface area is 279 Å². The van der Waals surface area contributed by atoms with Crippen molar-refractivity contribution in [2.24, 2.45) is 11.8 Å². The average molecular weight is 607 g/mol. The second kappa shape index (κ2) is 17.1. The summed E-state index contributed by atoms with van der Waals surface area (Å²) < 4.78 is 0. The third-order valence-electron chi connectivity index (χ3n) is 10.1. The molecule has 0 heterocycles. The lowest BCUT2D eigenvalue weighted by Gasteiger charge is -2.33. The van der Waals surface area contributed by atoms with Crippen LogP contribution >= 0.6 is 0 Å². The molecule has 0 aliphatic carbocycles. The van der Waals surface area contributed by atoms with Gasteiger partial charge in [0.05, 0.1) is 0 Å². The summed E-state index contributed by atoms with van der Waals surface area (Å²) in [7, 11) is 0. The second-order valence-electron chi connectivity index (χ2n) is 14.3. The van der Waals surface area contributed by atoms with Crippen LogP contribution in [0.3, 0.4) is 0 Å². The maximum atomic E-state index is 2.40. The van der Waals surface area contributed by atoms with Crippen LogP contribution < -0.4 is 0 Å². The summed E-state index contributed by atoms with van der Waals surface area (Å²) in [6, 6.07) is 56.7. The molecule has 5 rings (SSSR count). The summed E-state index contributed by atoms with van der Waals surface area (Å²) in [6.45, 7) is 9.56. The fourth-order valence-corrected chi connectivity index (χ4v) is 7.77. The summed E-state index contributed by atoms with van der Waals surface area (Å²) in [5.74, 6) is 3.68. The molecule has 0 saturated carbocycles. The molecule has 0 nitrogen and oxygen atoms in total. The Morgan fingerprint density at radius 1 is 0.304 bits per heavy atom. The predicted molar refractivity (Wildman–Crippen MR) is 199 cm³/mol. The van der Waals surface area contributed by atoms with Crippen LogP contribution in [0.25, 0.3) is 0 Å². The highest BCUT2D eigenvalue weighted by Gasteiger charge is 2.29. The van der Waals surface area contributed by atoms with E-state index >= 15 is 0 Å². The van der Waals surface area contributed by atoms with Crippen LogP contribution in [0.15, 0.2) is 152 Å². The first-order valence-corrected chi connectivity index (χ1v) is 17.7. The highest BCUT2D eigenvalue weighted by molar-refractivity contribution is 5.29. The number of hydrogen-bond donors (Lipinski definition) is 0. The topological polar surface area (TPSA) is 0 Å². The number of benzene rings is 5. The highest BCUT2D eigenvalue weighted by atomic mass is 14.3. The maximum Gasteiger partial charge on any atom is -0.0133 e. The van der Waals surface area contributed by atoms with E-state index < -0.39 is 0 Å². The van der Waals surface area contributed by atoms with Crippen LogP contribution in [0.5, 0.6) is 0 Å². The maximum absolute atomic E-state index is 2.40. The Hall–Kier alpha value is -3.90. The predicted octanol–water partition coefficient (Wildman–Crippen LogP) is 13.2. The van der Waals surface area contributed by atoms with Gasteiger partial charge in [-0.05, 0) is 101 Å². The van der Waals surface area contributed by atoms with E-state index in [9.17, 15) is 0 Å². The zero-order valence-electron chi connectivity index (χ0n) is 28.5. The van der Waals surface area contributed by atoms with E-state index in [1.165, 1.54) is 40.7 Å². The molecule has 0 N–H and O–H groups in total.